The predicted octanol–water partition coefficient (Wildman–Crippen LogP) is 6.03. The van der Waals surface area contributed by atoms with Gasteiger partial charge in [-0.2, -0.15) is 0 Å². The molecule has 3 aromatic rings. The van der Waals surface area contributed by atoms with Crippen molar-refractivity contribution in [3.05, 3.63) is 45.8 Å². The second kappa shape index (κ2) is 7.10. The van der Waals surface area contributed by atoms with Crippen LogP contribution in [0.15, 0.2) is 29.4 Å². The molecule has 1 aromatic carbocycles. The van der Waals surface area contributed by atoms with Gasteiger partial charge in [0.1, 0.15) is 10.6 Å². The summed E-state index contributed by atoms with van der Waals surface area (Å²) in [6.45, 7) is 9.16. The first-order chi connectivity index (χ1) is 12.8. The lowest BCUT2D eigenvalue weighted by atomic mass is 9.72. The standard InChI is InChI=1S/C22H27N3S2/c1-13-5-7-14(8-6-13)12-26-21-24-19(23)18-16-10-9-15(22(2,3)4)11-17(16)27-20(18)25-21/h5-8,15H,9-12H2,1-4H3,(H2,23,24,25)/t15-/m1/s1. The van der Waals surface area contributed by atoms with Crippen LogP contribution in [0.4, 0.5) is 5.82 Å². The number of fused-ring (bicyclic) bond motifs is 3. The maximum absolute atomic E-state index is 6.38. The molecule has 0 aliphatic heterocycles. The van der Waals surface area contributed by atoms with E-state index in [1.54, 1.807) is 11.8 Å². The van der Waals surface area contributed by atoms with E-state index in [1.165, 1.54) is 28.0 Å². The summed E-state index contributed by atoms with van der Waals surface area (Å²) >= 11 is 3.49. The van der Waals surface area contributed by atoms with Crippen molar-refractivity contribution in [3.8, 4) is 0 Å². The highest BCUT2D eigenvalue weighted by Gasteiger charge is 2.31. The average Bonchev–Trinajstić information content (AvgIpc) is 2.98. The number of anilines is 1. The van der Waals surface area contributed by atoms with Crippen molar-refractivity contribution in [2.24, 2.45) is 11.3 Å². The van der Waals surface area contributed by atoms with Crippen LogP contribution in [0.2, 0.25) is 0 Å². The Morgan fingerprint density at radius 1 is 1.19 bits per heavy atom. The number of nitrogens with two attached hydrogens (primary N) is 1. The molecule has 5 heteroatoms. The molecule has 4 rings (SSSR count). The molecule has 0 saturated carbocycles. The summed E-state index contributed by atoms with van der Waals surface area (Å²) < 4.78 is 0. The number of aryl methyl sites for hydroxylation is 2. The minimum atomic E-state index is 0.347. The second-order valence-corrected chi connectivity index (χ2v) is 10.7. The first kappa shape index (κ1) is 18.8. The van der Waals surface area contributed by atoms with Crippen LogP contribution in [0.3, 0.4) is 0 Å². The number of nitrogen functional groups attached to an aromatic ring is 1. The lowest BCUT2D eigenvalue weighted by Crippen LogP contribution is -2.26. The molecule has 0 fully saturated rings. The van der Waals surface area contributed by atoms with E-state index < -0.39 is 0 Å². The third-order valence-electron chi connectivity index (χ3n) is 5.63. The van der Waals surface area contributed by atoms with Gasteiger partial charge in [0.25, 0.3) is 0 Å². The van der Waals surface area contributed by atoms with Crippen LogP contribution in [0.5, 0.6) is 0 Å². The molecule has 1 aliphatic rings. The van der Waals surface area contributed by atoms with Crippen LogP contribution >= 0.6 is 23.1 Å². The number of thioether (sulfide) groups is 1. The fourth-order valence-corrected chi connectivity index (χ4v) is 5.99. The topological polar surface area (TPSA) is 51.8 Å². The maximum atomic E-state index is 6.38. The van der Waals surface area contributed by atoms with E-state index in [1.807, 2.05) is 11.3 Å². The van der Waals surface area contributed by atoms with Crippen molar-refractivity contribution in [1.82, 2.24) is 9.97 Å². The van der Waals surface area contributed by atoms with Gasteiger partial charge < -0.3 is 5.73 Å². The van der Waals surface area contributed by atoms with Gasteiger partial charge in [-0.3, -0.25) is 0 Å². The second-order valence-electron chi connectivity index (χ2n) is 8.66. The minimum Gasteiger partial charge on any atom is -0.383 e. The average molecular weight is 398 g/mol. The highest BCUT2D eigenvalue weighted by atomic mass is 32.2. The molecule has 1 aliphatic carbocycles. The molecule has 142 valence electrons. The molecule has 27 heavy (non-hydrogen) atoms. The van der Waals surface area contributed by atoms with E-state index >= 15 is 0 Å². The fraction of sp³-hybridized carbons (Fsp3) is 0.455. The molecular weight excluding hydrogens is 370 g/mol. The Labute approximate surface area is 169 Å². The van der Waals surface area contributed by atoms with Gasteiger partial charge in [0.2, 0.25) is 0 Å². The number of rotatable bonds is 3. The third-order valence-corrected chi connectivity index (χ3v) is 7.70. The summed E-state index contributed by atoms with van der Waals surface area (Å²) in [5.41, 5.74) is 10.7. The predicted molar refractivity (Wildman–Crippen MR) is 118 cm³/mol. The number of nitrogens with zero attached hydrogens (tertiary/aromatic N) is 2. The van der Waals surface area contributed by atoms with Crippen LogP contribution in [-0.4, -0.2) is 9.97 Å². The quantitative estimate of drug-likeness (QED) is 0.433. The van der Waals surface area contributed by atoms with Gasteiger partial charge in [-0.1, -0.05) is 62.4 Å². The molecule has 0 bridgehead atoms. The van der Waals surface area contributed by atoms with Crippen molar-refractivity contribution in [2.75, 3.05) is 5.73 Å². The van der Waals surface area contributed by atoms with Crippen LogP contribution in [0.1, 0.15) is 48.8 Å². The van der Waals surface area contributed by atoms with Crippen molar-refractivity contribution in [3.63, 3.8) is 0 Å². The molecule has 0 saturated heterocycles. The number of aromatic nitrogens is 2. The molecule has 0 spiro atoms. The zero-order chi connectivity index (χ0) is 19.2. The first-order valence-corrected chi connectivity index (χ1v) is 11.4. The number of thiophene rings is 1. The number of hydrogen-bond acceptors (Lipinski definition) is 5. The smallest absolute Gasteiger partial charge is 0.191 e. The SMILES string of the molecule is Cc1ccc(CSc2nc(N)c3c4c(sc3n2)C[C@H](C(C)(C)C)CC4)cc1. The van der Waals surface area contributed by atoms with Gasteiger partial charge in [-0.05, 0) is 48.6 Å². The molecule has 0 amide bonds. The number of hydrogen-bond donors (Lipinski definition) is 1. The zero-order valence-electron chi connectivity index (χ0n) is 16.5. The van der Waals surface area contributed by atoms with Gasteiger partial charge in [-0.15, -0.1) is 11.3 Å². The molecule has 2 heterocycles. The van der Waals surface area contributed by atoms with Crippen molar-refractivity contribution in [1.29, 1.82) is 0 Å². The van der Waals surface area contributed by atoms with E-state index in [2.05, 4.69) is 56.9 Å². The highest BCUT2D eigenvalue weighted by molar-refractivity contribution is 7.98. The Bertz CT molecular complexity index is 968. The molecule has 1 atom stereocenters. The Kier molecular flexibility index (Phi) is 4.93. The van der Waals surface area contributed by atoms with Gasteiger partial charge in [0.15, 0.2) is 5.16 Å². The molecule has 0 unspecified atom stereocenters. The monoisotopic (exact) mass is 397 g/mol. The Balaban J connectivity index is 1.60. The molecule has 2 N–H and O–H groups in total. The maximum Gasteiger partial charge on any atom is 0.191 e. The van der Waals surface area contributed by atoms with Crippen molar-refractivity contribution in [2.45, 2.75) is 57.9 Å². The first-order valence-electron chi connectivity index (χ1n) is 9.57. The Morgan fingerprint density at radius 3 is 2.63 bits per heavy atom. The number of benzene rings is 1. The van der Waals surface area contributed by atoms with Crippen molar-refractivity contribution >= 4 is 39.1 Å². The summed E-state index contributed by atoms with van der Waals surface area (Å²) in [7, 11) is 0. The van der Waals surface area contributed by atoms with E-state index in [0.29, 0.717) is 11.2 Å². The molecular formula is C22H27N3S2. The summed E-state index contributed by atoms with van der Waals surface area (Å²) in [6.07, 6.45) is 3.47. The summed E-state index contributed by atoms with van der Waals surface area (Å²) in [6, 6.07) is 8.63. The van der Waals surface area contributed by atoms with Crippen LogP contribution in [-0.2, 0) is 18.6 Å². The zero-order valence-corrected chi connectivity index (χ0v) is 18.1. The molecule has 0 radical (unpaired) electrons. The van der Waals surface area contributed by atoms with E-state index in [-0.39, 0.29) is 0 Å². The lowest BCUT2D eigenvalue weighted by Gasteiger charge is -2.33. The lowest BCUT2D eigenvalue weighted by molar-refractivity contribution is 0.218. The molecule has 2 aromatic heterocycles. The van der Waals surface area contributed by atoms with Crippen LogP contribution in [0.25, 0.3) is 10.2 Å². The van der Waals surface area contributed by atoms with Crippen molar-refractivity contribution < 1.29 is 0 Å². The van der Waals surface area contributed by atoms with Gasteiger partial charge >= 0.3 is 0 Å². The third kappa shape index (κ3) is 3.85. The Hall–Kier alpha value is -1.59. The van der Waals surface area contributed by atoms with Gasteiger partial charge in [0, 0.05) is 10.6 Å². The highest BCUT2D eigenvalue weighted by Crippen LogP contribution is 2.44. The molecule has 3 nitrogen and oxygen atoms in total. The van der Waals surface area contributed by atoms with E-state index in [0.717, 1.165) is 39.9 Å². The minimum absolute atomic E-state index is 0.347. The largest absolute Gasteiger partial charge is 0.383 e. The fourth-order valence-electron chi connectivity index (χ4n) is 3.82. The summed E-state index contributed by atoms with van der Waals surface area (Å²) in [5, 5.41) is 1.90. The van der Waals surface area contributed by atoms with Gasteiger partial charge in [0.05, 0.1) is 5.39 Å². The van der Waals surface area contributed by atoms with Crippen LogP contribution < -0.4 is 5.73 Å². The Morgan fingerprint density at radius 2 is 1.93 bits per heavy atom. The van der Waals surface area contributed by atoms with E-state index in [4.69, 9.17) is 10.7 Å². The van der Waals surface area contributed by atoms with Gasteiger partial charge in [-0.25, -0.2) is 9.97 Å². The summed E-state index contributed by atoms with van der Waals surface area (Å²) in [5.74, 6) is 2.24. The van der Waals surface area contributed by atoms with Crippen LogP contribution in [0, 0.1) is 18.3 Å². The normalized spacial score (nSPS) is 17.3. The summed E-state index contributed by atoms with van der Waals surface area (Å²) in [4.78, 5) is 12.0. The van der Waals surface area contributed by atoms with E-state index in [9.17, 15) is 0 Å².